The highest BCUT2D eigenvalue weighted by molar-refractivity contribution is 7.89. The number of hydrogen-bond acceptors (Lipinski definition) is 4. The van der Waals surface area contributed by atoms with Crippen molar-refractivity contribution in [3.05, 3.63) is 39.9 Å². The smallest absolute Gasteiger partial charge is 0.258 e. The zero-order valence-corrected chi connectivity index (χ0v) is 12.9. The van der Waals surface area contributed by atoms with E-state index in [1.807, 2.05) is 0 Å². The summed E-state index contributed by atoms with van der Waals surface area (Å²) in [6.45, 7) is 0.600. The number of benzene rings is 1. The summed E-state index contributed by atoms with van der Waals surface area (Å²) in [5.41, 5.74) is 0.810. The van der Waals surface area contributed by atoms with Gasteiger partial charge in [0.15, 0.2) is 0 Å². The molecular weight excluding hydrogens is 292 g/mol. The second-order valence-corrected chi connectivity index (χ2v) is 7.76. The Morgan fingerprint density at radius 3 is 2.38 bits per heavy atom. The van der Waals surface area contributed by atoms with E-state index in [4.69, 9.17) is 0 Å². The topological polar surface area (TPSA) is 80.5 Å². The fraction of sp³-hybridized carbons (Fsp3) is 0.571. The Kier molecular flexibility index (Phi) is 4.95. The second kappa shape index (κ2) is 6.53. The summed E-state index contributed by atoms with van der Waals surface area (Å²) in [6.07, 6.45) is 3.79. The molecule has 2 rings (SSSR count). The van der Waals surface area contributed by atoms with Crippen molar-refractivity contribution in [3.8, 4) is 0 Å². The number of aryl methyl sites for hydroxylation is 1. The molecule has 7 heteroatoms. The van der Waals surface area contributed by atoms with Crippen molar-refractivity contribution in [3.63, 3.8) is 0 Å². The first-order valence-electron chi connectivity index (χ1n) is 7.06. The van der Waals surface area contributed by atoms with Crippen molar-refractivity contribution in [2.24, 2.45) is 5.92 Å². The maximum atomic E-state index is 12.2. The maximum absolute atomic E-state index is 12.2. The first kappa shape index (κ1) is 15.9. The minimum absolute atomic E-state index is 0.0173. The Morgan fingerprint density at radius 1 is 1.29 bits per heavy atom. The third-order valence-electron chi connectivity index (χ3n) is 4.01. The van der Waals surface area contributed by atoms with Gasteiger partial charge in [-0.15, -0.1) is 0 Å². The molecule has 0 spiro atoms. The van der Waals surface area contributed by atoms with E-state index in [1.165, 1.54) is 22.9 Å². The quantitative estimate of drug-likeness (QED) is 0.571. The molecular formula is C14H20N2O4S. The zero-order valence-electron chi connectivity index (χ0n) is 12.1. The average molecular weight is 312 g/mol. The lowest BCUT2D eigenvalue weighted by Crippen LogP contribution is -2.36. The standard InChI is InChI=1S/C14H20N2O4S/c1-15(11-13-3-2-4-13)21(19,20)10-9-12-5-7-14(8-6-12)16(17)18/h5-8,13H,2-4,9-11H2,1H3. The van der Waals surface area contributed by atoms with Crippen molar-refractivity contribution in [1.29, 1.82) is 0 Å². The second-order valence-electron chi connectivity index (χ2n) is 5.57. The molecule has 6 nitrogen and oxygen atoms in total. The van der Waals surface area contributed by atoms with Crippen molar-refractivity contribution < 1.29 is 13.3 Å². The van der Waals surface area contributed by atoms with Crippen LogP contribution in [0, 0.1) is 16.0 Å². The van der Waals surface area contributed by atoms with Crippen LogP contribution in [0.1, 0.15) is 24.8 Å². The number of nitrogens with zero attached hydrogens (tertiary/aromatic N) is 2. The highest BCUT2D eigenvalue weighted by atomic mass is 32.2. The Balaban J connectivity index is 1.89. The molecule has 1 aromatic rings. The van der Waals surface area contributed by atoms with Crippen LogP contribution in [0.5, 0.6) is 0 Å². The van der Waals surface area contributed by atoms with Gasteiger partial charge >= 0.3 is 0 Å². The summed E-state index contributed by atoms with van der Waals surface area (Å²) in [5, 5.41) is 10.6. The molecule has 1 fully saturated rings. The highest BCUT2D eigenvalue weighted by Crippen LogP contribution is 2.27. The summed E-state index contributed by atoms with van der Waals surface area (Å²) in [7, 11) is -1.63. The lowest BCUT2D eigenvalue weighted by atomic mass is 9.86. The fourth-order valence-electron chi connectivity index (χ4n) is 2.34. The summed E-state index contributed by atoms with van der Waals surface area (Å²) >= 11 is 0. The molecule has 0 N–H and O–H groups in total. The van der Waals surface area contributed by atoms with Crippen LogP contribution in [0.25, 0.3) is 0 Å². The van der Waals surface area contributed by atoms with E-state index in [0.717, 1.165) is 18.4 Å². The van der Waals surface area contributed by atoms with Gasteiger partial charge in [-0.05, 0) is 30.7 Å². The lowest BCUT2D eigenvalue weighted by Gasteiger charge is -2.29. The van der Waals surface area contributed by atoms with Crippen molar-refractivity contribution in [2.45, 2.75) is 25.7 Å². The predicted molar refractivity (Wildman–Crippen MR) is 80.6 cm³/mol. The van der Waals surface area contributed by atoms with Gasteiger partial charge in [-0.25, -0.2) is 12.7 Å². The number of nitro groups is 1. The van der Waals surface area contributed by atoms with E-state index in [2.05, 4.69) is 0 Å². The normalized spacial score (nSPS) is 15.9. The van der Waals surface area contributed by atoms with Crippen molar-refractivity contribution in [2.75, 3.05) is 19.3 Å². The summed E-state index contributed by atoms with van der Waals surface area (Å²) in [5.74, 6) is 0.540. The third-order valence-corrected chi connectivity index (χ3v) is 5.83. The Labute approximate surface area is 125 Å². The number of nitro benzene ring substituents is 1. The zero-order chi connectivity index (χ0) is 15.5. The van der Waals surface area contributed by atoms with Gasteiger partial charge in [-0.1, -0.05) is 18.6 Å². The number of non-ortho nitro benzene ring substituents is 1. The molecule has 116 valence electrons. The van der Waals surface area contributed by atoms with Crippen LogP contribution in [-0.2, 0) is 16.4 Å². The number of hydrogen-bond donors (Lipinski definition) is 0. The van der Waals surface area contributed by atoms with Gasteiger partial charge in [0.25, 0.3) is 5.69 Å². The van der Waals surface area contributed by atoms with Gasteiger partial charge < -0.3 is 0 Å². The van der Waals surface area contributed by atoms with Gasteiger partial charge in [-0.3, -0.25) is 10.1 Å². The third kappa shape index (κ3) is 4.25. The molecule has 21 heavy (non-hydrogen) atoms. The molecule has 0 heterocycles. The molecule has 1 aliphatic rings. The number of rotatable bonds is 7. The van der Waals surface area contributed by atoms with Crippen LogP contribution in [-0.4, -0.2) is 37.0 Å². The lowest BCUT2D eigenvalue weighted by molar-refractivity contribution is -0.384. The minimum atomic E-state index is -3.26. The van der Waals surface area contributed by atoms with Gasteiger partial charge in [0.05, 0.1) is 10.7 Å². The monoisotopic (exact) mass is 312 g/mol. The van der Waals surface area contributed by atoms with E-state index < -0.39 is 14.9 Å². The Morgan fingerprint density at radius 2 is 1.90 bits per heavy atom. The molecule has 0 saturated heterocycles. The SMILES string of the molecule is CN(CC1CCC1)S(=O)(=O)CCc1ccc([N+](=O)[O-])cc1. The van der Waals surface area contributed by atoms with E-state index in [0.29, 0.717) is 18.9 Å². The van der Waals surface area contributed by atoms with Gasteiger partial charge in [0.1, 0.15) is 0 Å². The van der Waals surface area contributed by atoms with Crippen LogP contribution in [0.15, 0.2) is 24.3 Å². The highest BCUT2D eigenvalue weighted by Gasteiger charge is 2.25. The molecule has 1 aromatic carbocycles. The van der Waals surface area contributed by atoms with Crippen LogP contribution < -0.4 is 0 Å². The van der Waals surface area contributed by atoms with E-state index in [1.54, 1.807) is 19.2 Å². The Bertz CT molecular complexity index is 594. The summed E-state index contributed by atoms with van der Waals surface area (Å²) < 4.78 is 25.8. The van der Waals surface area contributed by atoms with Crippen LogP contribution >= 0.6 is 0 Å². The van der Waals surface area contributed by atoms with Crippen LogP contribution in [0.2, 0.25) is 0 Å². The van der Waals surface area contributed by atoms with Gasteiger partial charge in [0, 0.05) is 25.7 Å². The van der Waals surface area contributed by atoms with Crippen LogP contribution in [0.3, 0.4) is 0 Å². The molecule has 0 aromatic heterocycles. The minimum Gasteiger partial charge on any atom is -0.258 e. The molecule has 0 unspecified atom stereocenters. The van der Waals surface area contributed by atoms with Gasteiger partial charge in [0.2, 0.25) is 10.0 Å². The molecule has 0 amide bonds. The number of sulfonamides is 1. The molecule has 0 aliphatic heterocycles. The predicted octanol–water partition coefficient (Wildman–Crippen LogP) is 2.20. The first-order valence-corrected chi connectivity index (χ1v) is 8.67. The molecule has 1 aliphatic carbocycles. The maximum Gasteiger partial charge on any atom is 0.269 e. The Hall–Kier alpha value is -1.47. The van der Waals surface area contributed by atoms with Crippen molar-refractivity contribution in [1.82, 2.24) is 4.31 Å². The first-order chi connectivity index (χ1) is 9.88. The summed E-state index contributed by atoms with van der Waals surface area (Å²) in [4.78, 5) is 10.1. The van der Waals surface area contributed by atoms with E-state index in [9.17, 15) is 18.5 Å². The largest absolute Gasteiger partial charge is 0.269 e. The van der Waals surface area contributed by atoms with E-state index in [-0.39, 0.29) is 11.4 Å². The average Bonchev–Trinajstić information content (AvgIpc) is 2.40. The van der Waals surface area contributed by atoms with Crippen molar-refractivity contribution >= 4 is 15.7 Å². The van der Waals surface area contributed by atoms with Crippen LogP contribution in [0.4, 0.5) is 5.69 Å². The fourth-order valence-corrected chi connectivity index (χ4v) is 3.58. The molecule has 0 radical (unpaired) electrons. The molecule has 1 saturated carbocycles. The molecule has 0 atom stereocenters. The van der Waals surface area contributed by atoms with E-state index >= 15 is 0 Å². The molecule has 0 bridgehead atoms. The van der Waals surface area contributed by atoms with Gasteiger partial charge in [-0.2, -0.15) is 0 Å². The summed E-state index contributed by atoms with van der Waals surface area (Å²) in [6, 6.07) is 6.03.